The lowest BCUT2D eigenvalue weighted by atomic mass is 10.0. The van der Waals surface area contributed by atoms with Crippen molar-refractivity contribution in [1.29, 1.82) is 5.41 Å². The van der Waals surface area contributed by atoms with Crippen molar-refractivity contribution < 1.29 is 9.66 Å². The molecule has 0 atom stereocenters. The number of hydrogen-bond acceptors (Lipinski definition) is 5. The maximum atomic E-state index is 11.2. The van der Waals surface area contributed by atoms with Gasteiger partial charge < -0.3 is 10.1 Å². The van der Waals surface area contributed by atoms with E-state index in [0.29, 0.717) is 33.3 Å². The number of halogens is 1. The lowest BCUT2D eigenvalue weighted by Gasteiger charge is -2.13. The van der Waals surface area contributed by atoms with E-state index in [1.807, 2.05) is 26.0 Å². The molecule has 0 amide bonds. The summed E-state index contributed by atoms with van der Waals surface area (Å²) in [4.78, 5) is 10.8. The van der Waals surface area contributed by atoms with E-state index in [1.54, 1.807) is 32.2 Å². The van der Waals surface area contributed by atoms with Gasteiger partial charge in [0.15, 0.2) is 0 Å². The van der Waals surface area contributed by atoms with Crippen molar-refractivity contribution in [3.8, 4) is 5.75 Å². The molecule has 0 fully saturated rings. The summed E-state index contributed by atoms with van der Waals surface area (Å²) in [5.74, 6) is 0.616. The zero-order chi connectivity index (χ0) is 20.1. The van der Waals surface area contributed by atoms with Crippen molar-refractivity contribution in [2.45, 2.75) is 27.4 Å². The summed E-state index contributed by atoms with van der Waals surface area (Å²) >= 11 is 6.05. The van der Waals surface area contributed by atoms with Crippen molar-refractivity contribution >= 4 is 23.0 Å². The van der Waals surface area contributed by atoms with Gasteiger partial charge in [-0.3, -0.25) is 15.5 Å². The summed E-state index contributed by atoms with van der Waals surface area (Å²) in [6.45, 7) is 5.57. The van der Waals surface area contributed by atoms with Gasteiger partial charge in [-0.2, -0.15) is 0 Å². The van der Waals surface area contributed by atoms with Crippen LogP contribution in [0.15, 0.2) is 47.1 Å². The smallest absolute Gasteiger partial charge is 0.276 e. The highest BCUT2D eigenvalue weighted by Gasteiger charge is 2.16. The first-order valence-corrected chi connectivity index (χ1v) is 8.73. The molecule has 2 aromatic carbocycles. The van der Waals surface area contributed by atoms with Crippen molar-refractivity contribution in [3.63, 3.8) is 0 Å². The normalized spacial score (nSPS) is 11.6. The van der Waals surface area contributed by atoms with E-state index in [1.165, 1.54) is 6.07 Å². The van der Waals surface area contributed by atoms with Gasteiger partial charge in [-0.15, -0.1) is 0 Å². The fourth-order valence-corrected chi connectivity index (χ4v) is 2.77. The molecule has 0 radical (unpaired) electrons. The fraction of sp³-hybridized carbons (Fsp3) is 0.250. The molecule has 0 aliphatic heterocycles. The third kappa shape index (κ3) is 4.65. The van der Waals surface area contributed by atoms with E-state index >= 15 is 0 Å². The van der Waals surface area contributed by atoms with Gasteiger partial charge in [0, 0.05) is 24.3 Å². The molecule has 142 valence electrons. The number of allylic oxidation sites excluding steroid dienone is 1. The number of hydrogen-bond donors (Lipinski definition) is 2. The Morgan fingerprint density at radius 2 is 1.96 bits per heavy atom. The number of benzene rings is 2. The number of nitro groups is 1. The second-order valence-corrected chi connectivity index (χ2v) is 6.54. The van der Waals surface area contributed by atoms with Crippen LogP contribution in [0.25, 0.3) is 0 Å². The molecule has 2 aromatic rings. The van der Waals surface area contributed by atoms with Crippen LogP contribution in [0.5, 0.6) is 5.75 Å². The molecule has 0 bridgehead atoms. The average molecular weight is 388 g/mol. The predicted octanol–water partition coefficient (Wildman–Crippen LogP) is 4.85. The number of nitrogens with one attached hydrogen (secondary N) is 2. The van der Waals surface area contributed by atoms with Crippen LogP contribution in [-0.2, 0) is 6.61 Å². The van der Waals surface area contributed by atoms with Gasteiger partial charge in [0.25, 0.3) is 5.69 Å². The zero-order valence-electron chi connectivity index (χ0n) is 15.7. The summed E-state index contributed by atoms with van der Waals surface area (Å²) in [6.07, 6.45) is 0. The summed E-state index contributed by atoms with van der Waals surface area (Å²) in [5, 5.41) is 22.7. The second kappa shape index (κ2) is 8.68. The molecule has 0 aromatic heterocycles. The van der Waals surface area contributed by atoms with Crippen LogP contribution in [0.4, 0.5) is 5.69 Å². The first-order valence-electron chi connectivity index (χ1n) is 8.36. The molecule has 0 unspecified atom stereocenters. The van der Waals surface area contributed by atoms with Crippen LogP contribution in [0.2, 0.25) is 0 Å². The number of nitrogens with zero attached hydrogens (tertiary/aromatic N) is 1. The molecule has 0 saturated carbocycles. The summed E-state index contributed by atoms with van der Waals surface area (Å²) < 4.78 is 5.83. The maximum Gasteiger partial charge on any atom is 0.276 e. The topological polar surface area (TPSA) is 88.2 Å². The minimum Gasteiger partial charge on any atom is -0.488 e. The number of nitro benzene ring substituents is 1. The van der Waals surface area contributed by atoms with E-state index in [2.05, 4.69) is 5.32 Å². The molecule has 0 saturated heterocycles. The predicted molar refractivity (Wildman–Crippen MR) is 108 cm³/mol. The van der Waals surface area contributed by atoms with Gasteiger partial charge in [-0.05, 0) is 50.1 Å². The number of rotatable bonds is 7. The van der Waals surface area contributed by atoms with E-state index in [4.69, 9.17) is 21.7 Å². The summed E-state index contributed by atoms with van der Waals surface area (Å²) in [6, 6.07) is 10.3. The molecule has 0 aliphatic carbocycles. The first kappa shape index (κ1) is 20.5. The average Bonchev–Trinajstić information content (AvgIpc) is 2.65. The Morgan fingerprint density at radius 1 is 1.26 bits per heavy atom. The zero-order valence-corrected chi connectivity index (χ0v) is 16.5. The van der Waals surface area contributed by atoms with Crippen LogP contribution in [-0.4, -0.2) is 17.7 Å². The van der Waals surface area contributed by atoms with Gasteiger partial charge in [0.1, 0.15) is 17.5 Å². The molecule has 2 N–H and O–H groups in total. The second-order valence-electron chi connectivity index (χ2n) is 6.16. The molecule has 0 spiro atoms. The Morgan fingerprint density at radius 3 is 2.56 bits per heavy atom. The Labute approximate surface area is 163 Å². The third-order valence-corrected chi connectivity index (χ3v) is 4.81. The van der Waals surface area contributed by atoms with Crippen molar-refractivity contribution in [3.05, 3.63) is 79.5 Å². The van der Waals surface area contributed by atoms with Crippen LogP contribution in [0.1, 0.15) is 29.2 Å². The molecule has 6 nitrogen and oxygen atoms in total. The van der Waals surface area contributed by atoms with E-state index in [0.717, 1.165) is 11.1 Å². The van der Waals surface area contributed by atoms with Crippen molar-refractivity contribution in [1.82, 2.24) is 5.32 Å². The summed E-state index contributed by atoms with van der Waals surface area (Å²) in [5.41, 5.74) is 3.92. The van der Waals surface area contributed by atoms with Crippen LogP contribution in [0.3, 0.4) is 0 Å². The van der Waals surface area contributed by atoms with Gasteiger partial charge in [0.2, 0.25) is 0 Å². The Kier molecular flexibility index (Phi) is 6.58. The SMILES string of the molecule is CN/C(Cl)=C(/C)C(=N)c1ccc(OCc2c(C)cccc2[N+](=O)[O-])c(C)c1. The molecule has 27 heavy (non-hydrogen) atoms. The maximum absolute atomic E-state index is 11.2. The molecule has 0 aliphatic rings. The third-order valence-electron chi connectivity index (χ3n) is 4.34. The van der Waals surface area contributed by atoms with Gasteiger partial charge >= 0.3 is 0 Å². The number of ether oxygens (including phenoxy) is 1. The lowest BCUT2D eigenvalue weighted by Crippen LogP contribution is -2.10. The van der Waals surface area contributed by atoms with E-state index < -0.39 is 4.92 Å². The van der Waals surface area contributed by atoms with Crippen LogP contribution < -0.4 is 10.1 Å². The molecule has 0 heterocycles. The van der Waals surface area contributed by atoms with Crippen LogP contribution >= 0.6 is 11.6 Å². The number of aryl methyl sites for hydroxylation is 2. The quantitative estimate of drug-likeness (QED) is 0.307. The molecular weight excluding hydrogens is 366 g/mol. The van der Waals surface area contributed by atoms with Gasteiger partial charge in [-0.1, -0.05) is 23.7 Å². The monoisotopic (exact) mass is 387 g/mol. The Balaban J connectivity index is 2.24. The van der Waals surface area contributed by atoms with E-state index in [-0.39, 0.29) is 12.3 Å². The Bertz CT molecular complexity index is 923. The van der Waals surface area contributed by atoms with E-state index in [9.17, 15) is 10.1 Å². The molecule has 2 rings (SSSR count). The highest BCUT2D eigenvalue weighted by atomic mass is 35.5. The molecular formula is C20H22ClN3O3. The standard InChI is InChI=1S/C20H22ClN3O3/c1-12-6-5-7-17(24(25)26)16(12)11-27-18-9-8-15(10-13(18)2)19(22)14(3)20(21)23-4/h5-10,22-23H,11H2,1-4H3/b20-14-,22-19?. The van der Waals surface area contributed by atoms with Crippen molar-refractivity contribution in [2.24, 2.45) is 0 Å². The molecule has 7 heteroatoms. The van der Waals surface area contributed by atoms with Crippen molar-refractivity contribution in [2.75, 3.05) is 7.05 Å². The first-order chi connectivity index (χ1) is 12.8. The summed E-state index contributed by atoms with van der Waals surface area (Å²) in [7, 11) is 1.70. The minimum absolute atomic E-state index is 0.0496. The van der Waals surface area contributed by atoms with Gasteiger partial charge in [0.05, 0.1) is 16.2 Å². The highest BCUT2D eigenvalue weighted by molar-refractivity contribution is 6.32. The fourth-order valence-electron chi connectivity index (χ4n) is 2.68. The van der Waals surface area contributed by atoms with Gasteiger partial charge in [-0.25, -0.2) is 0 Å². The largest absolute Gasteiger partial charge is 0.488 e. The Hall–Kier alpha value is -2.86. The lowest BCUT2D eigenvalue weighted by molar-refractivity contribution is -0.385. The highest BCUT2D eigenvalue weighted by Crippen LogP contribution is 2.26. The van der Waals surface area contributed by atoms with Crippen LogP contribution in [0, 0.1) is 29.4 Å². The minimum atomic E-state index is -0.399.